The largest absolute Gasteiger partial charge is 0.494 e. The Labute approximate surface area is 218 Å². The highest BCUT2D eigenvalue weighted by atomic mass is 16.6. The number of carbonyl (C=O) groups is 2. The molecule has 0 bridgehead atoms. The van der Waals surface area contributed by atoms with Crippen molar-refractivity contribution in [3.8, 4) is 5.75 Å². The molecule has 0 saturated carbocycles. The normalized spacial score (nSPS) is 19.3. The van der Waals surface area contributed by atoms with Crippen molar-refractivity contribution in [3.05, 3.63) is 52.1 Å². The predicted octanol–water partition coefficient (Wildman–Crippen LogP) is 4.36. The van der Waals surface area contributed by atoms with Gasteiger partial charge in [0.2, 0.25) is 0 Å². The Morgan fingerprint density at radius 1 is 1.27 bits per heavy atom. The van der Waals surface area contributed by atoms with Gasteiger partial charge in [-0.3, -0.25) is 4.79 Å². The molecule has 9 heteroatoms. The highest BCUT2D eigenvalue weighted by molar-refractivity contribution is 5.80. The third-order valence-electron chi connectivity index (χ3n) is 7.46. The number of ether oxygens (including phenoxy) is 2. The van der Waals surface area contributed by atoms with Crippen LogP contribution >= 0.6 is 0 Å². The van der Waals surface area contributed by atoms with Crippen LogP contribution < -0.4 is 21.3 Å². The maximum absolute atomic E-state index is 13.0. The summed E-state index contributed by atoms with van der Waals surface area (Å²) in [6, 6.07) is 7.89. The van der Waals surface area contributed by atoms with Gasteiger partial charge in [-0.2, -0.15) is 0 Å². The van der Waals surface area contributed by atoms with Crippen molar-refractivity contribution in [2.45, 2.75) is 64.5 Å². The van der Waals surface area contributed by atoms with Crippen LogP contribution in [0.3, 0.4) is 0 Å². The first-order valence-electron chi connectivity index (χ1n) is 12.6. The second-order valence-corrected chi connectivity index (χ2v) is 11.1. The summed E-state index contributed by atoms with van der Waals surface area (Å²) in [6.07, 6.45) is 1.37. The van der Waals surface area contributed by atoms with E-state index in [1.54, 1.807) is 7.05 Å². The number of hydrazine groups is 1. The molecule has 1 amide bonds. The molecule has 9 nitrogen and oxygen atoms in total. The molecule has 1 fully saturated rings. The lowest BCUT2D eigenvalue weighted by atomic mass is 9.83. The number of hydrogen-bond donors (Lipinski definition) is 3. The molecule has 2 aliphatic rings. The summed E-state index contributed by atoms with van der Waals surface area (Å²) < 4.78 is 11.3. The zero-order chi connectivity index (χ0) is 27.2. The lowest BCUT2D eigenvalue weighted by molar-refractivity contribution is -0.137. The van der Waals surface area contributed by atoms with Crippen molar-refractivity contribution in [1.29, 1.82) is 0 Å². The monoisotopic (exact) mass is 510 g/mol. The molecule has 1 saturated heterocycles. The first-order valence-corrected chi connectivity index (χ1v) is 12.6. The summed E-state index contributed by atoms with van der Waals surface area (Å²) in [4.78, 5) is 26.9. The number of hydrogen-bond acceptors (Lipinski definition) is 7. The Morgan fingerprint density at radius 2 is 1.97 bits per heavy atom. The molecule has 1 heterocycles. The van der Waals surface area contributed by atoms with Gasteiger partial charge in [-0.1, -0.05) is 18.2 Å². The smallest absolute Gasteiger partial charge is 0.410 e. The number of aliphatic carboxylic acids is 1. The first-order chi connectivity index (χ1) is 17.3. The van der Waals surface area contributed by atoms with E-state index in [4.69, 9.17) is 21.1 Å². The number of methoxy groups -OCH3 is 1. The number of nitrogen functional groups attached to an aromatic ring is 1. The van der Waals surface area contributed by atoms with Gasteiger partial charge in [-0.25, -0.2) is 10.6 Å². The van der Waals surface area contributed by atoms with E-state index in [-0.39, 0.29) is 18.6 Å². The maximum Gasteiger partial charge on any atom is 0.410 e. The van der Waals surface area contributed by atoms with E-state index in [1.807, 2.05) is 44.7 Å². The van der Waals surface area contributed by atoms with Gasteiger partial charge >= 0.3 is 12.1 Å². The average molecular weight is 511 g/mol. The molecule has 4 rings (SSSR count). The van der Waals surface area contributed by atoms with Crippen molar-refractivity contribution in [3.63, 3.8) is 0 Å². The van der Waals surface area contributed by atoms with Gasteiger partial charge in [0, 0.05) is 19.5 Å². The van der Waals surface area contributed by atoms with Crippen molar-refractivity contribution < 1.29 is 24.2 Å². The number of carboxylic acid groups (broad SMARTS) is 1. The second-order valence-electron chi connectivity index (χ2n) is 11.1. The zero-order valence-electron chi connectivity index (χ0n) is 22.5. The van der Waals surface area contributed by atoms with Gasteiger partial charge in [-0.05, 0) is 80.3 Å². The fraction of sp³-hybridized carbons (Fsp3) is 0.500. The van der Waals surface area contributed by atoms with Crippen LogP contribution in [0.1, 0.15) is 73.4 Å². The average Bonchev–Trinajstić information content (AvgIpc) is 3.36. The van der Waals surface area contributed by atoms with Crippen molar-refractivity contribution >= 4 is 23.4 Å². The maximum atomic E-state index is 13.0. The van der Waals surface area contributed by atoms with Gasteiger partial charge < -0.3 is 30.2 Å². The first kappa shape index (κ1) is 26.6. The van der Waals surface area contributed by atoms with E-state index in [0.29, 0.717) is 29.6 Å². The Bertz CT molecular complexity index is 1220. The third kappa shape index (κ3) is 5.05. The molecule has 37 heavy (non-hydrogen) atoms. The standard InChI is InChI=1S/C28H38N4O5/c1-15-19(13-22(36-6)26(24(15)29)31(5)30)20(14-23(33)34)17-8-7-16-11-18-9-10-32(25(18)21(16)12-17)27(35)37-28(2,3)4/h7-8,12-13,18,20,25H,9-11,14,29-30H2,1-6H3,(H,33,34). The molecule has 0 radical (unpaired) electrons. The molecule has 1 aliphatic carbocycles. The number of fused-ring (bicyclic) bond motifs is 3. The SMILES string of the molecule is COc1cc(C(CC(=O)O)c2ccc3c(c2)C2C(CCN2C(=O)OC(C)(C)C)C3)c(C)c(N)c1N(C)N. The van der Waals surface area contributed by atoms with Gasteiger partial charge in [0.05, 0.1) is 25.3 Å². The number of rotatable bonds is 6. The summed E-state index contributed by atoms with van der Waals surface area (Å²) in [7, 11) is 3.21. The topological polar surface area (TPSA) is 131 Å². The summed E-state index contributed by atoms with van der Waals surface area (Å²) in [6.45, 7) is 8.12. The molecule has 200 valence electrons. The van der Waals surface area contributed by atoms with Crippen molar-refractivity contribution in [2.24, 2.45) is 11.8 Å². The summed E-state index contributed by atoms with van der Waals surface area (Å²) in [5, 5.41) is 11.2. The summed E-state index contributed by atoms with van der Waals surface area (Å²) in [5.41, 5.74) is 11.5. The lowest BCUT2D eigenvalue weighted by Gasteiger charge is -2.29. The Kier molecular flexibility index (Phi) is 7.03. The van der Waals surface area contributed by atoms with Crippen LogP contribution in [-0.4, -0.2) is 48.4 Å². The number of amides is 1. The minimum Gasteiger partial charge on any atom is -0.494 e. The molecular weight excluding hydrogens is 472 g/mol. The number of carbonyl (C=O) groups excluding carboxylic acids is 1. The highest BCUT2D eigenvalue weighted by Crippen LogP contribution is 2.49. The summed E-state index contributed by atoms with van der Waals surface area (Å²) in [5.74, 6) is 5.42. The van der Waals surface area contributed by atoms with Crippen LogP contribution in [0.5, 0.6) is 5.75 Å². The number of benzene rings is 2. The zero-order valence-corrected chi connectivity index (χ0v) is 22.5. The molecular formula is C28H38N4O5. The number of nitrogens with zero attached hydrogens (tertiary/aromatic N) is 2. The van der Waals surface area contributed by atoms with Crippen LogP contribution in [0, 0.1) is 12.8 Å². The van der Waals surface area contributed by atoms with Crippen LogP contribution in [0.25, 0.3) is 0 Å². The van der Waals surface area contributed by atoms with Crippen LogP contribution in [0.4, 0.5) is 16.2 Å². The Balaban J connectivity index is 1.78. The molecule has 3 unspecified atom stereocenters. The molecule has 1 aliphatic heterocycles. The van der Waals surface area contributed by atoms with Gasteiger partial charge in [0.15, 0.2) is 0 Å². The fourth-order valence-corrected chi connectivity index (χ4v) is 5.84. The van der Waals surface area contributed by atoms with Crippen molar-refractivity contribution in [2.75, 3.05) is 31.4 Å². The van der Waals surface area contributed by atoms with Gasteiger partial charge in [-0.15, -0.1) is 0 Å². The molecule has 2 aromatic carbocycles. The third-order valence-corrected chi connectivity index (χ3v) is 7.46. The number of nitrogens with two attached hydrogens (primary N) is 2. The quantitative estimate of drug-likeness (QED) is 0.297. The number of anilines is 2. The van der Waals surface area contributed by atoms with Crippen LogP contribution in [0.15, 0.2) is 24.3 Å². The summed E-state index contributed by atoms with van der Waals surface area (Å²) >= 11 is 0. The second kappa shape index (κ2) is 9.78. The van der Waals surface area contributed by atoms with E-state index in [0.717, 1.165) is 35.1 Å². The van der Waals surface area contributed by atoms with E-state index < -0.39 is 17.5 Å². The lowest BCUT2D eigenvalue weighted by Crippen LogP contribution is -2.36. The Morgan fingerprint density at radius 3 is 2.57 bits per heavy atom. The molecule has 5 N–H and O–H groups in total. The highest BCUT2D eigenvalue weighted by Gasteiger charge is 2.45. The van der Waals surface area contributed by atoms with Crippen molar-refractivity contribution in [1.82, 2.24) is 4.90 Å². The minimum absolute atomic E-state index is 0.0794. The van der Waals surface area contributed by atoms with E-state index in [2.05, 4.69) is 12.1 Å². The fourth-order valence-electron chi connectivity index (χ4n) is 5.84. The van der Waals surface area contributed by atoms with E-state index in [1.165, 1.54) is 17.7 Å². The number of likely N-dealkylation sites (tertiary alicyclic amines) is 1. The van der Waals surface area contributed by atoms with Crippen LogP contribution in [0.2, 0.25) is 0 Å². The van der Waals surface area contributed by atoms with Crippen LogP contribution in [-0.2, 0) is 16.0 Å². The molecule has 0 spiro atoms. The Hall–Kier alpha value is -3.46. The molecule has 3 atom stereocenters. The molecule has 0 aromatic heterocycles. The minimum atomic E-state index is -0.920. The van der Waals surface area contributed by atoms with Gasteiger partial charge in [0.25, 0.3) is 0 Å². The predicted molar refractivity (Wildman–Crippen MR) is 143 cm³/mol. The van der Waals surface area contributed by atoms with Gasteiger partial charge in [0.1, 0.15) is 17.0 Å². The van der Waals surface area contributed by atoms with E-state index in [9.17, 15) is 14.7 Å². The van der Waals surface area contributed by atoms with E-state index >= 15 is 0 Å². The molecule has 2 aromatic rings. The number of carboxylic acids is 1.